The molecular formula is C11H23NO4. The van der Waals surface area contributed by atoms with Crippen molar-refractivity contribution in [3.05, 3.63) is 0 Å². The molecule has 1 N–H and O–H groups in total. The fourth-order valence-electron chi connectivity index (χ4n) is 0.857. The van der Waals surface area contributed by atoms with Gasteiger partial charge in [-0.15, -0.1) is 0 Å². The number of hydrogen-bond acceptors (Lipinski definition) is 4. The van der Waals surface area contributed by atoms with Crippen LogP contribution in [-0.4, -0.2) is 44.7 Å². The average Bonchev–Trinajstić information content (AvgIpc) is 2.14. The van der Waals surface area contributed by atoms with Crippen molar-refractivity contribution in [1.82, 2.24) is 5.32 Å². The molecule has 96 valence electrons. The summed E-state index contributed by atoms with van der Waals surface area (Å²) in [6, 6.07) is 0. The van der Waals surface area contributed by atoms with Crippen molar-refractivity contribution in [2.75, 3.05) is 26.9 Å². The van der Waals surface area contributed by atoms with Crippen LogP contribution >= 0.6 is 0 Å². The van der Waals surface area contributed by atoms with Crippen LogP contribution in [0.1, 0.15) is 27.7 Å². The van der Waals surface area contributed by atoms with Gasteiger partial charge >= 0.3 is 6.09 Å². The molecule has 0 fully saturated rings. The highest BCUT2D eigenvalue weighted by molar-refractivity contribution is 5.67. The van der Waals surface area contributed by atoms with E-state index in [9.17, 15) is 4.79 Å². The van der Waals surface area contributed by atoms with Gasteiger partial charge in [-0.3, -0.25) is 0 Å². The molecule has 0 bridgehead atoms. The quantitative estimate of drug-likeness (QED) is 0.707. The molecule has 16 heavy (non-hydrogen) atoms. The summed E-state index contributed by atoms with van der Waals surface area (Å²) in [5.41, 5.74) is -0.463. The molecule has 1 unspecified atom stereocenters. The molecule has 5 nitrogen and oxygen atoms in total. The Morgan fingerprint density at radius 1 is 1.38 bits per heavy atom. The fraction of sp³-hybridized carbons (Fsp3) is 0.909. The first-order chi connectivity index (χ1) is 7.35. The molecule has 1 atom stereocenters. The highest BCUT2D eigenvalue weighted by atomic mass is 16.6. The third kappa shape index (κ3) is 9.73. The van der Waals surface area contributed by atoms with Crippen LogP contribution < -0.4 is 5.32 Å². The lowest BCUT2D eigenvalue weighted by molar-refractivity contribution is 0.0174. The lowest BCUT2D eigenvalue weighted by Gasteiger charge is -2.19. The van der Waals surface area contributed by atoms with Crippen molar-refractivity contribution in [2.45, 2.75) is 39.4 Å². The van der Waals surface area contributed by atoms with Gasteiger partial charge in [0, 0.05) is 13.7 Å². The van der Waals surface area contributed by atoms with Crippen LogP contribution in [0.3, 0.4) is 0 Å². The van der Waals surface area contributed by atoms with E-state index in [0.29, 0.717) is 19.8 Å². The molecule has 1 amide bonds. The zero-order valence-corrected chi connectivity index (χ0v) is 10.8. The first kappa shape index (κ1) is 15.2. The number of ether oxygens (including phenoxy) is 3. The van der Waals surface area contributed by atoms with E-state index in [1.54, 1.807) is 7.11 Å². The van der Waals surface area contributed by atoms with Crippen molar-refractivity contribution in [1.29, 1.82) is 0 Å². The third-order valence-corrected chi connectivity index (χ3v) is 1.67. The van der Waals surface area contributed by atoms with Crippen LogP contribution in [0.4, 0.5) is 4.79 Å². The second-order valence-corrected chi connectivity index (χ2v) is 4.55. The van der Waals surface area contributed by atoms with E-state index in [4.69, 9.17) is 14.2 Å². The van der Waals surface area contributed by atoms with Gasteiger partial charge in [-0.25, -0.2) is 4.79 Å². The van der Waals surface area contributed by atoms with E-state index in [1.807, 2.05) is 27.7 Å². The molecule has 0 rings (SSSR count). The van der Waals surface area contributed by atoms with E-state index in [-0.39, 0.29) is 6.10 Å². The zero-order valence-electron chi connectivity index (χ0n) is 10.8. The number of methoxy groups -OCH3 is 1. The van der Waals surface area contributed by atoms with Crippen LogP contribution in [0.25, 0.3) is 0 Å². The summed E-state index contributed by atoms with van der Waals surface area (Å²) in [7, 11) is 1.63. The maximum atomic E-state index is 11.2. The molecule has 0 aliphatic heterocycles. The summed E-state index contributed by atoms with van der Waals surface area (Å²) in [5.74, 6) is 0. The Morgan fingerprint density at radius 2 is 2.00 bits per heavy atom. The summed E-state index contributed by atoms with van der Waals surface area (Å²) in [6.45, 7) is 8.79. The molecule has 0 aliphatic rings. The maximum Gasteiger partial charge on any atom is 0.407 e. The van der Waals surface area contributed by atoms with Gasteiger partial charge in [-0.2, -0.15) is 0 Å². The Bertz CT molecular complexity index is 201. The Labute approximate surface area is 97.4 Å². The third-order valence-electron chi connectivity index (χ3n) is 1.67. The largest absolute Gasteiger partial charge is 0.444 e. The van der Waals surface area contributed by atoms with Crippen LogP contribution in [0.15, 0.2) is 0 Å². The molecule has 0 heterocycles. The molecule has 0 aromatic rings. The molecule has 0 aromatic heterocycles. The molecule has 0 saturated carbocycles. The highest BCUT2D eigenvalue weighted by Crippen LogP contribution is 2.05. The molecule has 0 radical (unpaired) electrons. The van der Waals surface area contributed by atoms with Crippen molar-refractivity contribution in [3.63, 3.8) is 0 Å². The Kier molecular flexibility index (Phi) is 7.08. The zero-order chi connectivity index (χ0) is 12.6. The predicted molar refractivity (Wildman–Crippen MR) is 61.5 cm³/mol. The van der Waals surface area contributed by atoms with Gasteiger partial charge in [0.05, 0.1) is 19.3 Å². The van der Waals surface area contributed by atoms with E-state index < -0.39 is 11.7 Å². The van der Waals surface area contributed by atoms with E-state index in [2.05, 4.69) is 5.32 Å². The summed E-state index contributed by atoms with van der Waals surface area (Å²) in [6.07, 6.45) is -0.350. The SMILES string of the molecule is COC(C)COCCNC(=O)OC(C)(C)C. The number of alkyl carbamates (subject to hydrolysis) is 1. The second-order valence-electron chi connectivity index (χ2n) is 4.55. The monoisotopic (exact) mass is 233 g/mol. The van der Waals surface area contributed by atoms with Gasteiger partial charge in [-0.05, 0) is 27.7 Å². The molecule has 5 heteroatoms. The summed E-state index contributed by atoms with van der Waals surface area (Å²) in [5, 5.41) is 2.60. The molecule has 0 aliphatic carbocycles. The molecule has 0 aromatic carbocycles. The summed E-state index contributed by atoms with van der Waals surface area (Å²) in [4.78, 5) is 11.2. The molecular weight excluding hydrogens is 210 g/mol. The van der Waals surface area contributed by atoms with E-state index >= 15 is 0 Å². The lowest BCUT2D eigenvalue weighted by atomic mass is 10.2. The Hall–Kier alpha value is -0.810. The highest BCUT2D eigenvalue weighted by Gasteiger charge is 2.15. The number of carbonyl (C=O) groups is 1. The van der Waals surface area contributed by atoms with E-state index in [1.165, 1.54) is 0 Å². The van der Waals surface area contributed by atoms with Crippen LogP contribution in [0.5, 0.6) is 0 Å². The topological polar surface area (TPSA) is 56.8 Å². The first-order valence-corrected chi connectivity index (χ1v) is 5.42. The number of carbonyl (C=O) groups excluding carboxylic acids is 1. The molecule has 0 spiro atoms. The second kappa shape index (κ2) is 7.46. The van der Waals surface area contributed by atoms with Gasteiger partial charge in [0.15, 0.2) is 0 Å². The Morgan fingerprint density at radius 3 is 2.50 bits per heavy atom. The smallest absolute Gasteiger partial charge is 0.407 e. The standard InChI is InChI=1S/C11H23NO4/c1-9(14-5)8-15-7-6-12-10(13)16-11(2,3)4/h9H,6-8H2,1-5H3,(H,12,13). The molecule has 0 saturated heterocycles. The van der Waals surface area contributed by atoms with Gasteiger partial charge in [0.25, 0.3) is 0 Å². The minimum absolute atomic E-state index is 0.0709. The number of amides is 1. The minimum Gasteiger partial charge on any atom is -0.444 e. The van der Waals surface area contributed by atoms with Crippen LogP contribution in [0.2, 0.25) is 0 Å². The van der Waals surface area contributed by atoms with Crippen molar-refractivity contribution < 1.29 is 19.0 Å². The van der Waals surface area contributed by atoms with Crippen molar-refractivity contribution in [3.8, 4) is 0 Å². The predicted octanol–water partition coefficient (Wildman–Crippen LogP) is 1.56. The first-order valence-electron chi connectivity index (χ1n) is 5.42. The fourth-order valence-corrected chi connectivity index (χ4v) is 0.857. The van der Waals surface area contributed by atoms with Gasteiger partial charge in [0.1, 0.15) is 5.60 Å². The van der Waals surface area contributed by atoms with Crippen molar-refractivity contribution >= 4 is 6.09 Å². The Balaban J connectivity index is 3.42. The van der Waals surface area contributed by atoms with Crippen LogP contribution in [0, 0.1) is 0 Å². The van der Waals surface area contributed by atoms with E-state index in [0.717, 1.165) is 0 Å². The minimum atomic E-state index is -0.463. The van der Waals surface area contributed by atoms with Crippen LogP contribution in [-0.2, 0) is 14.2 Å². The van der Waals surface area contributed by atoms with Gasteiger partial charge in [-0.1, -0.05) is 0 Å². The normalized spacial score (nSPS) is 13.3. The summed E-state index contributed by atoms with van der Waals surface area (Å²) < 4.78 is 15.3. The average molecular weight is 233 g/mol. The maximum absolute atomic E-state index is 11.2. The lowest BCUT2D eigenvalue weighted by Crippen LogP contribution is -2.34. The van der Waals surface area contributed by atoms with Gasteiger partial charge in [0.2, 0.25) is 0 Å². The van der Waals surface area contributed by atoms with Gasteiger partial charge < -0.3 is 19.5 Å². The number of rotatable bonds is 6. The van der Waals surface area contributed by atoms with Crippen molar-refractivity contribution in [2.24, 2.45) is 0 Å². The number of hydrogen-bond donors (Lipinski definition) is 1. The summed E-state index contributed by atoms with van der Waals surface area (Å²) >= 11 is 0. The number of nitrogens with one attached hydrogen (secondary N) is 1.